The van der Waals surface area contributed by atoms with Gasteiger partial charge in [0.1, 0.15) is 11.4 Å². The van der Waals surface area contributed by atoms with Gasteiger partial charge in [-0.1, -0.05) is 62.7 Å². The van der Waals surface area contributed by atoms with Gasteiger partial charge in [0.25, 0.3) is 0 Å². The molecule has 0 aliphatic rings. The number of aryl methyl sites for hydroxylation is 1. The predicted molar refractivity (Wildman–Crippen MR) is 183 cm³/mol. The van der Waals surface area contributed by atoms with Gasteiger partial charge in [-0.25, -0.2) is 9.97 Å². The molecular weight excluding hydrogens is 595 g/mol. The van der Waals surface area contributed by atoms with Gasteiger partial charge >= 0.3 is 0 Å². The van der Waals surface area contributed by atoms with E-state index in [1.54, 1.807) is 40.2 Å². The van der Waals surface area contributed by atoms with Crippen LogP contribution >= 0.6 is 34.0 Å². The number of carbonyl (C=O) groups excluding carboxylic acids is 1. The zero-order chi connectivity index (χ0) is 29.6. The fourth-order valence-corrected chi connectivity index (χ4v) is 9.18. The van der Waals surface area contributed by atoms with E-state index >= 15 is 0 Å². The summed E-state index contributed by atoms with van der Waals surface area (Å²) in [7, 11) is -1.93. The summed E-state index contributed by atoms with van der Waals surface area (Å²) in [5, 5.41) is 5.31. The van der Waals surface area contributed by atoms with Gasteiger partial charge in [-0.05, 0) is 60.3 Å². The molecule has 214 valence electrons. The third-order valence-corrected chi connectivity index (χ3v) is 15.8. The molecule has 0 saturated heterocycles. The normalized spacial score (nSPS) is 12.2. The zero-order valence-electron chi connectivity index (χ0n) is 24.6. The predicted octanol–water partition coefficient (Wildman–Crippen LogP) is 10.2. The van der Waals surface area contributed by atoms with Crippen molar-refractivity contribution in [3.8, 4) is 27.6 Å². The van der Waals surface area contributed by atoms with E-state index in [-0.39, 0.29) is 17.4 Å². The highest BCUT2D eigenvalue weighted by molar-refractivity contribution is 7.39. The Morgan fingerprint density at radius 1 is 0.952 bits per heavy atom. The summed E-state index contributed by atoms with van der Waals surface area (Å²) in [6.07, 6.45) is 1.97. The van der Waals surface area contributed by atoms with E-state index in [1.165, 1.54) is 24.4 Å². The molecule has 5 nitrogen and oxygen atoms in total. The number of rotatable bonds is 7. The van der Waals surface area contributed by atoms with Crippen molar-refractivity contribution in [2.45, 2.75) is 52.2 Å². The van der Waals surface area contributed by atoms with Crippen LogP contribution in [-0.2, 0) is 11.2 Å². The molecule has 4 aromatic heterocycles. The summed E-state index contributed by atoms with van der Waals surface area (Å²) in [5.41, 5.74) is 4.56. The van der Waals surface area contributed by atoms with E-state index in [0.29, 0.717) is 11.5 Å². The molecule has 0 radical (unpaired) electrons. The van der Waals surface area contributed by atoms with Crippen LogP contribution in [0.4, 0.5) is 5.82 Å². The van der Waals surface area contributed by atoms with E-state index in [2.05, 4.69) is 87.9 Å². The van der Waals surface area contributed by atoms with Gasteiger partial charge in [-0.3, -0.25) is 4.79 Å². The summed E-state index contributed by atoms with van der Waals surface area (Å²) in [6.45, 7) is 13.2. The number of fused-ring (bicyclic) bond motifs is 3. The number of hydrogen-bond acceptors (Lipinski definition) is 7. The van der Waals surface area contributed by atoms with Crippen molar-refractivity contribution < 1.29 is 9.22 Å². The van der Waals surface area contributed by atoms with E-state index in [4.69, 9.17) is 14.4 Å². The maximum atomic E-state index is 13.3. The molecule has 0 aliphatic heterocycles. The number of thiophene rings is 3. The first-order chi connectivity index (χ1) is 20.0. The Balaban J connectivity index is 1.27. The van der Waals surface area contributed by atoms with Crippen LogP contribution in [0.15, 0.2) is 72.2 Å². The number of amides is 1. The van der Waals surface area contributed by atoms with Crippen molar-refractivity contribution in [3.63, 3.8) is 0 Å². The Labute approximate surface area is 259 Å². The molecule has 1 N–H and O–H groups in total. The van der Waals surface area contributed by atoms with Crippen molar-refractivity contribution >= 4 is 72.9 Å². The molecule has 1 amide bonds. The molecule has 0 unspecified atom stereocenters. The minimum Gasteiger partial charge on any atom is -0.544 e. The second kappa shape index (κ2) is 11.0. The first-order valence-electron chi connectivity index (χ1n) is 13.9. The van der Waals surface area contributed by atoms with Crippen LogP contribution in [0.5, 0.6) is 5.75 Å². The number of hydrogen-bond donors (Lipinski definition) is 1. The molecule has 42 heavy (non-hydrogen) atoms. The average molecular weight is 628 g/mol. The summed E-state index contributed by atoms with van der Waals surface area (Å²) in [5.74, 6) is 1.19. The SMILES string of the molecule is Cc1ccc(-c2cnc(NC(=O)Cc3ccc(O[Si](C)(C)C(C)(C)C)cc3)c(-c3cc4sc5ccsc5c4s3)n2)cc1. The zero-order valence-corrected chi connectivity index (χ0v) is 28.0. The van der Waals surface area contributed by atoms with Crippen LogP contribution < -0.4 is 9.74 Å². The topological polar surface area (TPSA) is 64.1 Å². The van der Waals surface area contributed by atoms with Gasteiger partial charge in [0.05, 0.1) is 32.6 Å². The van der Waals surface area contributed by atoms with Crippen LogP contribution in [-0.4, -0.2) is 24.2 Å². The third kappa shape index (κ3) is 5.79. The molecular formula is C33H33N3O2S3Si. The maximum absolute atomic E-state index is 13.3. The van der Waals surface area contributed by atoms with Crippen molar-refractivity contribution in [1.29, 1.82) is 0 Å². The molecule has 0 atom stereocenters. The fourth-order valence-electron chi connectivity index (χ4n) is 4.39. The molecule has 6 aromatic rings. The molecule has 9 heteroatoms. The molecule has 0 saturated carbocycles. The largest absolute Gasteiger partial charge is 0.544 e. The van der Waals surface area contributed by atoms with Gasteiger partial charge < -0.3 is 9.74 Å². The van der Waals surface area contributed by atoms with Gasteiger partial charge in [0, 0.05) is 15.0 Å². The highest BCUT2D eigenvalue weighted by Gasteiger charge is 2.38. The lowest BCUT2D eigenvalue weighted by atomic mass is 10.1. The smallest absolute Gasteiger partial charge is 0.250 e. The van der Waals surface area contributed by atoms with E-state index < -0.39 is 8.32 Å². The standard InChI is InChI=1S/C33H33N3O2S3Si/c1-20-7-11-22(12-8-20)24-19-34-32(29(35-24)26-18-27-31(41-26)30-25(40-27)15-16-39-30)36-28(37)17-21-9-13-23(14-10-21)38-42(5,6)33(2,3)4/h7-16,18-19H,17H2,1-6H3,(H,34,36,37). The van der Waals surface area contributed by atoms with E-state index in [9.17, 15) is 4.79 Å². The molecule has 4 heterocycles. The van der Waals surface area contributed by atoms with Gasteiger partial charge in [0.2, 0.25) is 14.2 Å². The summed E-state index contributed by atoms with van der Waals surface area (Å²) >= 11 is 5.26. The maximum Gasteiger partial charge on any atom is 0.250 e. The Bertz CT molecular complexity index is 1900. The van der Waals surface area contributed by atoms with Crippen molar-refractivity contribution in [2.75, 3.05) is 5.32 Å². The summed E-state index contributed by atoms with van der Waals surface area (Å²) < 4.78 is 11.5. The third-order valence-electron chi connectivity index (χ3n) is 7.83. The van der Waals surface area contributed by atoms with Gasteiger partial charge in [-0.15, -0.1) is 34.0 Å². The molecule has 6 rings (SSSR count). The van der Waals surface area contributed by atoms with Crippen LogP contribution in [0.25, 0.3) is 40.6 Å². The quantitative estimate of drug-likeness (QED) is 0.179. The first-order valence-corrected chi connectivity index (χ1v) is 19.3. The number of anilines is 1. The monoisotopic (exact) mass is 627 g/mol. The molecule has 0 aliphatic carbocycles. The summed E-state index contributed by atoms with van der Waals surface area (Å²) in [4.78, 5) is 24.0. The molecule has 2 aromatic carbocycles. The lowest BCUT2D eigenvalue weighted by Crippen LogP contribution is -2.43. The van der Waals surface area contributed by atoms with Crippen molar-refractivity contribution in [1.82, 2.24) is 9.97 Å². The Hall–Kier alpha value is -3.37. The average Bonchev–Trinajstić information content (AvgIpc) is 3.63. The Morgan fingerprint density at radius 3 is 2.40 bits per heavy atom. The van der Waals surface area contributed by atoms with Crippen LogP contribution in [0, 0.1) is 6.92 Å². The van der Waals surface area contributed by atoms with Gasteiger partial charge in [-0.2, -0.15) is 0 Å². The molecule has 0 bridgehead atoms. The van der Waals surface area contributed by atoms with Crippen LogP contribution in [0.1, 0.15) is 31.9 Å². The Kier molecular flexibility index (Phi) is 7.55. The van der Waals surface area contributed by atoms with E-state index in [1.807, 2.05) is 24.3 Å². The van der Waals surface area contributed by atoms with E-state index in [0.717, 1.165) is 27.4 Å². The number of benzene rings is 2. The molecule has 0 spiro atoms. The number of nitrogens with one attached hydrogen (secondary N) is 1. The van der Waals surface area contributed by atoms with Crippen LogP contribution in [0.2, 0.25) is 18.1 Å². The highest BCUT2D eigenvalue weighted by atomic mass is 32.1. The molecule has 0 fully saturated rings. The first kappa shape index (κ1) is 28.7. The summed E-state index contributed by atoms with van der Waals surface area (Å²) in [6, 6.07) is 20.5. The van der Waals surface area contributed by atoms with Gasteiger partial charge in [0.15, 0.2) is 5.82 Å². The van der Waals surface area contributed by atoms with Crippen molar-refractivity contribution in [3.05, 3.63) is 83.4 Å². The second-order valence-corrected chi connectivity index (χ2v) is 19.8. The van der Waals surface area contributed by atoms with Crippen LogP contribution in [0.3, 0.4) is 0 Å². The Morgan fingerprint density at radius 2 is 1.69 bits per heavy atom. The van der Waals surface area contributed by atoms with Crippen molar-refractivity contribution in [2.24, 2.45) is 0 Å². The number of aromatic nitrogens is 2. The highest BCUT2D eigenvalue weighted by Crippen LogP contribution is 2.46. The lowest BCUT2D eigenvalue weighted by molar-refractivity contribution is -0.115. The lowest BCUT2D eigenvalue weighted by Gasteiger charge is -2.36. The fraction of sp³-hybridized carbons (Fsp3) is 0.242. The second-order valence-electron chi connectivity index (χ2n) is 12.1. The minimum atomic E-state index is -1.93. The number of carbonyl (C=O) groups is 1. The minimum absolute atomic E-state index is 0.118. The number of nitrogens with zero attached hydrogens (tertiary/aromatic N) is 2.